The molecule has 2 aromatic heterocycles. The van der Waals surface area contributed by atoms with Gasteiger partial charge in [-0.1, -0.05) is 6.07 Å². The maximum absolute atomic E-state index is 9.97. The first-order chi connectivity index (χ1) is 8.15. The lowest BCUT2D eigenvalue weighted by atomic mass is 10.1. The van der Waals surface area contributed by atoms with Crippen molar-refractivity contribution in [3.63, 3.8) is 0 Å². The zero-order chi connectivity index (χ0) is 12.3. The van der Waals surface area contributed by atoms with E-state index in [2.05, 4.69) is 9.97 Å². The lowest BCUT2D eigenvalue weighted by Crippen LogP contribution is -2.15. The summed E-state index contributed by atoms with van der Waals surface area (Å²) in [6.07, 6.45) is 2.24. The van der Waals surface area contributed by atoms with Crippen molar-refractivity contribution in [3.8, 4) is 0 Å². The third-order valence-corrected chi connectivity index (χ3v) is 3.32. The number of nitrogen functional groups attached to an aromatic ring is 1. The predicted molar refractivity (Wildman–Crippen MR) is 68.9 cm³/mol. The molecule has 0 radical (unpaired) electrons. The van der Waals surface area contributed by atoms with Gasteiger partial charge in [0.15, 0.2) is 0 Å². The quantitative estimate of drug-likeness (QED) is 0.863. The Hall–Kier alpha value is -1.46. The van der Waals surface area contributed by atoms with Crippen molar-refractivity contribution in [2.75, 3.05) is 5.73 Å². The van der Waals surface area contributed by atoms with E-state index in [-0.39, 0.29) is 0 Å². The lowest BCUT2D eigenvalue weighted by molar-refractivity contribution is 0.174. The van der Waals surface area contributed by atoms with Crippen LogP contribution in [0.2, 0.25) is 0 Å². The van der Waals surface area contributed by atoms with Gasteiger partial charge in [-0.05, 0) is 18.6 Å². The zero-order valence-corrected chi connectivity index (χ0v) is 10.4. The maximum Gasteiger partial charge on any atom is 0.126 e. The third kappa shape index (κ3) is 3.25. The van der Waals surface area contributed by atoms with Crippen LogP contribution in [0.15, 0.2) is 23.7 Å². The van der Waals surface area contributed by atoms with E-state index < -0.39 is 6.10 Å². The number of aliphatic hydroxyl groups excluding tert-OH is 1. The molecule has 0 spiro atoms. The van der Waals surface area contributed by atoms with Crippen LogP contribution in [0.25, 0.3) is 0 Å². The lowest BCUT2D eigenvalue weighted by Gasteiger charge is -2.10. The van der Waals surface area contributed by atoms with Crippen molar-refractivity contribution in [2.24, 2.45) is 0 Å². The Labute approximate surface area is 104 Å². The Bertz CT molecular complexity index is 498. The van der Waals surface area contributed by atoms with Crippen molar-refractivity contribution < 1.29 is 5.11 Å². The molecule has 0 aliphatic rings. The molecule has 90 valence electrons. The average Bonchev–Trinajstić information content (AvgIpc) is 2.67. The molecule has 0 aromatic carbocycles. The summed E-state index contributed by atoms with van der Waals surface area (Å²) in [7, 11) is 0. The molecule has 0 bridgehead atoms. The molecule has 5 heteroatoms. The number of hydrogen-bond donors (Lipinski definition) is 2. The van der Waals surface area contributed by atoms with E-state index in [0.29, 0.717) is 18.7 Å². The highest BCUT2D eigenvalue weighted by Crippen LogP contribution is 2.14. The zero-order valence-electron chi connectivity index (χ0n) is 9.63. The SMILES string of the molecule is Cc1nc(CC(O)Cc2cccnc2N)cs1. The first kappa shape index (κ1) is 12.0. The van der Waals surface area contributed by atoms with Crippen molar-refractivity contribution in [1.82, 2.24) is 9.97 Å². The van der Waals surface area contributed by atoms with Crippen LogP contribution in [0, 0.1) is 6.92 Å². The van der Waals surface area contributed by atoms with E-state index >= 15 is 0 Å². The van der Waals surface area contributed by atoms with Gasteiger partial charge in [0.25, 0.3) is 0 Å². The van der Waals surface area contributed by atoms with Crippen LogP contribution < -0.4 is 5.73 Å². The third-order valence-electron chi connectivity index (χ3n) is 2.49. The molecule has 4 nitrogen and oxygen atoms in total. The second-order valence-corrected chi connectivity index (χ2v) is 5.03. The Morgan fingerprint density at radius 3 is 2.94 bits per heavy atom. The highest BCUT2D eigenvalue weighted by atomic mass is 32.1. The molecule has 3 N–H and O–H groups in total. The van der Waals surface area contributed by atoms with E-state index in [4.69, 9.17) is 5.73 Å². The summed E-state index contributed by atoms with van der Waals surface area (Å²) in [4.78, 5) is 8.32. The summed E-state index contributed by atoms with van der Waals surface area (Å²) in [5.74, 6) is 0.487. The molecule has 0 saturated heterocycles. The molecule has 17 heavy (non-hydrogen) atoms. The van der Waals surface area contributed by atoms with Gasteiger partial charge in [0.1, 0.15) is 5.82 Å². The molecule has 0 aliphatic heterocycles. The minimum atomic E-state index is -0.469. The molecule has 1 unspecified atom stereocenters. The highest BCUT2D eigenvalue weighted by Gasteiger charge is 2.11. The maximum atomic E-state index is 9.97. The fourth-order valence-electron chi connectivity index (χ4n) is 1.69. The summed E-state index contributed by atoms with van der Waals surface area (Å²) < 4.78 is 0. The predicted octanol–water partition coefficient (Wildman–Crippen LogP) is 1.57. The van der Waals surface area contributed by atoms with Gasteiger partial charge in [-0.25, -0.2) is 9.97 Å². The van der Waals surface area contributed by atoms with E-state index in [0.717, 1.165) is 16.3 Å². The molecule has 2 rings (SSSR count). The number of aliphatic hydroxyl groups is 1. The fourth-order valence-corrected chi connectivity index (χ4v) is 2.32. The van der Waals surface area contributed by atoms with Crippen LogP contribution in [0.5, 0.6) is 0 Å². The van der Waals surface area contributed by atoms with Gasteiger partial charge < -0.3 is 10.8 Å². The molecular weight excluding hydrogens is 234 g/mol. The van der Waals surface area contributed by atoms with Crippen LogP contribution >= 0.6 is 11.3 Å². The topological polar surface area (TPSA) is 72.0 Å². The average molecular weight is 249 g/mol. The van der Waals surface area contributed by atoms with Crippen LogP contribution in [0.3, 0.4) is 0 Å². The molecular formula is C12H15N3OS. The summed E-state index contributed by atoms with van der Waals surface area (Å²) in [5.41, 5.74) is 7.54. The van der Waals surface area contributed by atoms with E-state index in [1.165, 1.54) is 0 Å². The van der Waals surface area contributed by atoms with Gasteiger partial charge in [0.05, 0.1) is 16.8 Å². The number of anilines is 1. The largest absolute Gasteiger partial charge is 0.392 e. The van der Waals surface area contributed by atoms with E-state index in [9.17, 15) is 5.11 Å². The van der Waals surface area contributed by atoms with E-state index in [1.807, 2.05) is 24.4 Å². The van der Waals surface area contributed by atoms with Gasteiger partial charge in [-0.15, -0.1) is 11.3 Å². The Morgan fingerprint density at radius 2 is 2.29 bits per heavy atom. The Balaban J connectivity index is 1.98. The van der Waals surface area contributed by atoms with Crippen molar-refractivity contribution >= 4 is 17.2 Å². The minimum Gasteiger partial charge on any atom is -0.392 e. The van der Waals surface area contributed by atoms with Crippen LogP contribution in [-0.4, -0.2) is 21.2 Å². The Morgan fingerprint density at radius 1 is 1.47 bits per heavy atom. The fraction of sp³-hybridized carbons (Fsp3) is 0.333. The smallest absolute Gasteiger partial charge is 0.126 e. The van der Waals surface area contributed by atoms with Gasteiger partial charge >= 0.3 is 0 Å². The van der Waals surface area contributed by atoms with Crippen LogP contribution in [0.4, 0.5) is 5.82 Å². The number of hydrogen-bond acceptors (Lipinski definition) is 5. The minimum absolute atomic E-state index is 0.469. The molecule has 0 saturated carbocycles. The van der Waals surface area contributed by atoms with Gasteiger partial charge in [-0.2, -0.15) is 0 Å². The number of aryl methyl sites for hydroxylation is 1. The molecule has 2 heterocycles. The number of aromatic nitrogens is 2. The Kier molecular flexibility index (Phi) is 3.71. The standard InChI is InChI=1S/C12H15N3OS/c1-8-15-10(7-17-8)6-11(16)5-9-3-2-4-14-12(9)13/h2-4,7,11,16H,5-6H2,1H3,(H2,13,14). The summed E-state index contributed by atoms with van der Waals surface area (Å²) >= 11 is 1.60. The first-order valence-electron chi connectivity index (χ1n) is 5.43. The second kappa shape index (κ2) is 5.25. The van der Waals surface area contributed by atoms with Crippen molar-refractivity contribution in [1.29, 1.82) is 0 Å². The number of nitrogens with zero attached hydrogens (tertiary/aromatic N) is 2. The normalized spacial score (nSPS) is 12.6. The van der Waals surface area contributed by atoms with E-state index in [1.54, 1.807) is 17.5 Å². The molecule has 2 aromatic rings. The molecule has 0 fully saturated rings. The van der Waals surface area contributed by atoms with Gasteiger partial charge in [0, 0.05) is 24.4 Å². The number of nitrogens with two attached hydrogens (primary N) is 1. The number of rotatable bonds is 4. The first-order valence-corrected chi connectivity index (χ1v) is 6.31. The molecule has 0 aliphatic carbocycles. The molecule has 1 atom stereocenters. The summed E-state index contributed by atoms with van der Waals surface area (Å²) in [6, 6.07) is 3.71. The second-order valence-electron chi connectivity index (χ2n) is 3.97. The molecule has 0 amide bonds. The summed E-state index contributed by atoms with van der Waals surface area (Å²) in [5, 5.41) is 13.0. The van der Waals surface area contributed by atoms with Crippen molar-refractivity contribution in [2.45, 2.75) is 25.9 Å². The van der Waals surface area contributed by atoms with Crippen molar-refractivity contribution in [3.05, 3.63) is 40.0 Å². The van der Waals surface area contributed by atoms with Gasteiger partial charge in [0.2, 0.25) is 0 Å². The monoisotopic (exact) mass is 249 g/mol. The summed E-state index contributed by atoms with van der Waals surface area (Å²) in [6.45, 7) is 1.96. The number of thiazole rings is 1. The van der Waals surface area contributed by atoms with Crippen LogP contribution in [0.1, 0.15) is 16.3 Å². The van der Waals surface area contributed by atoms with Crippen LogP contribution in [-0.2, 0) is 12.8 Å². The van der Waals surface area contributed by atoms with Gasteiger partial charge in [-0.3, -0.25) is 0 Å². The number of pyridine rings is 1. The highest BCUT2D eigenvalue weighted by molar-refractivity contribution is 7.09.